The number of nitrogens with two attached hydrogens (primary N) is 1. The average molecular weight is 334 g/mol. The lowest BCUT2D eigenvalue weighted by atomic mass is 10.2. The molecule has 3 N–H and O–H groups in total. The minimum absolute atomic E-state index is 0.198. The van der Waals surface area contributed by atoms with Crippen molar-refractivity contribution in [2.24, 2.45) is 5.73 Å². The Kier molecular flexibility index (Phi) is 7.96. The lowest BCUT2D eigenvalue weighted by Crippen LogP contribution is -2.49. The van der Waals surface area contributed by atoms with Gasteiger partial charge >= 0.3 is 0 Å². The first-order valence-corrected chi connectivity index (χ1v) is 11.6. The second-order valence-electron chi connectivity index (χ2n) is 6.94. The molecule has 0 aliphatic heterocycles. The third-order valence-corrected chi connectivity index (χ3v) is 4.95. The third-order valence-electron chi connectivity index (χ3n) is 3.28. The normalized spacial score (nSPS) is 13.9. The molecule has 1 aromatic rings. The highest BCUT2D eigenvalue weighted by molar-refractivity contribution is 6.76. The SMILES string of the molecule is C[Si](C)(C)CC(N)C(=O)NC(CC#N)COCc1ccccc1. The molecule has 0 fully saturated rings. The molecule has 0 aliphatic rings. The average Bonchev–Trinajstić information content (AvgIpc) is 2.46. The quantitative estimate of drug-likeness (QED) is 0.679. The van der Waals surface area contributed by atoms with Crippen LogP contribution < -0.4 is 11.1 Å². The van der Waals surface area contributed by atoms with Gasteiger partial charge in [0.15, 0.2) is 0 Å². The summed E-state index contributed by atoms with van der Waals surface area (Å²) in [7, 11) is -1.40. The minimum atomic E-state index is -1.40. The van der Waals surface area contributed by atoms with E-state index in [1.165, 1.54) is 0 Å². The largest absolute Gasteiger partial charge is 0.375 e. The van der Waals surface area contributed by atoms with Crippen LogP contribution in [0, 0.1) is 11.3 Å². The Balaban J connectivity index is 2.45. The number of rotatable bonds is 9. The predicted molar refractivity (Wildman–Crippen MR) is 94.4 cm³/mol. The van der Waals surface area contributed by atoms with E-state index >= 15 is 0 Å². The second kappa shape index (κ2) is 9.45. The van der Waals surface area contributed by atoms with Crippen molar-refractivity contribution in [1.29, 1.82) is 5.26 Å². The number of ether oxygens (including phenoxy) is 1. The van der Waals surface area contributed by atoms with Gasteiger partial charge in [-0.15, -0.1) is 0 Å². The molecular weight excluding hydrogens is 306 g/mol. The van der Waals surface area contributed by atoms with Gasteiger partial charge in [-0.3, -0.25) is 4.79 Å². The second-order valence-corrected chi connectivity index (χ2v) is 12.5. The lowest BCUT2D eigenvalue weighted by Gasteiger charge is -2.23. The van der Waals surface area contributed by atoms with Gasteiger partial charge < -0.3 is 15.8 Å². The Bertz CT molecular complexity index is 523. The van der Waals surface area contributed by atoms with E-state index in [1.54, 1.807) is 0 Å². The fourth-order valence-electron chi connectivity index (χ4n) is 2.22. The summed E-state index contributed by atoms with van der Waals surface area (Å²) in [5.74, 6) is -0.198. The molecule has 6 heteroatoms. The van der Waals surface area contributed by atoms with E-state index in [0.717, 1.165) is 11.6 Å². The highest BCUT2D eigenvalue weighted by Gasteiger charge is 2.24. The van der Waals surface area contributed by atoms with Crippen molar-refractivity contribution in [3.63, 3.8) is 0 Å². The predicted octanol–water partition coefficient (Wildman–Crippen LogP) is 2.27. The number of nitrogens with one attached hydrogen (secondary N) is 1. The molecule has 0 radical (unpaired) electrons. The van der Waals surface area contributed by atoms with Crippen molar-refractivity contribution in [2.45, 2.75) is 50.8 Å². The molecule has 0 saturated heterocycles. The van der Waals surface area contributed by atoms with Gasteiger partial charge in [0.05, 0.1) is 37.8 Å². The number of carbonyl (C=O) groups is 1. The monoisotopic (exact) mass is 333 g/mol. The standard InChI is InChI=1S/C17H27N3O2Si/c1-23(2,3)13-16(19)17(21)20-15(9-10-18)12-22-11-14-7-5-4-6-8-14/h4-8,15-16H,9,11-13,19H2,1-3H3,(H,20,21). The van der Waals surface area contributed by atoms with E-state index in [9.17, 15) is 4.79 Å². The number of benzene rings is 1. The summed E-state index contributed by atoms with van der Waals surface area (Å²) in [5.41, 5.74) is 7.03. The van der Waals surface area contributed by atoms with Crippen molar-refractivity contribution < 1.29 is 9.53 Å². The third kappa shape index (κ3) is 8.50. The molecule has 2 atom stereocenters. The summed E-state index contributed by atoms with van der Waals surface area (Å²) in [6, 6.07) is 11.7. The number of hydrogen-bond acceptors (Lipinski definition) is 4. The zero-order valence-corrected chi connectivity index (χ0v) is 15.2. The lowest BCUT2D eigenvalue weighted by molar-refractivity contribution is -0.123. The van der Waals surface area contributed by atoms with Gasteiger partial charge in [0, 0.05) is 8.07 Å². The fraction of sp³-hybridized carbons (Fsp3) is 0.529. The van der Waals surface area contributed by atoms with Crippen LogP contribution in [0.15, 0.2) is 30.3 Å². The summed E-state index contributed by atoms with van der Waals surface area (Å²) in [6.07, 6.45) is 0.209. The molecule has 126 valence electrons. The molecule has 1 amide bonds. The van der Waals surface area contributed by atoms with Gasteiger partial charge in [-0.2, -0.15) is 5.26 Å². The first kappa shape index (κ1) is 19.4. The number of amides is 1. The molecule has 0 aromatic heterocycles. The Hall–Kier alpha value is -1.68. The zero-order valence-electron chi connectivity index (χ0n) is 14.2. The number of nitrogens with zero attached hydrogens (tertiary/aromatic N) is 1. The van der Waals surface area contributed by atoms with Crippen LogP contribution >= 0.6 is 0 Å². The molecule has 5 nitrogen and oxygen atoms in total. The minimum Gasteiger partial charge on any atom is -0.375 e. The number of nitriles is 1. The first-order valence-electron chi connectivity index (χ1n) is 7.86. The van der Waals surface area contributed by atoms with Crippen LogP contribution in [0.1, 0.15) is 12.0 Å². The van der Waals surface area contributed by atoms with Crippen LogP contribution in [0.25, 0.3) is 0 Å². The molecule has 0 saturated carbocycles. The maximum Gasteiger partial charge on any atom is 0.236 e. The summed E-state index contributed by atoms with van der Waals surface area (Å²) in [5, 5.41) is 11.7. The van der Waals surface area contributed by atoms with E-state index in [0.29, 0.717) is 13.2 Å². The summed E-state index contributed by atoms with van der Waals surface area (Å²) in [6.45, 7) is 7.29. The van der Waals surface area contributed by atoms with E-state index in [1.807, 2.05) is 30.3 Å². The van der Waals surface area contributed by atoms with Gasteiger partial charge in [-0.1, -0.05) is 50.0 Å². The van der Waals surface area contributed by atoms with Crippen LogP contribution in [-0.2, 0) is 16.1 Å². The van der Waals surface area contributed by atoms with Crippen molar-refractivity contribution in [2.75, 3.05) is 6.61 Å². The molecule has 0 heterocycles. The van der Waals surface area contributed by atoms with Crippen LogP contribution in [0.5, 0.6) is 0 Å². The van der Waals surface area contributed by atoms with Crippen molar-refractivity contribution >= 4 is 14.0 Å². The summed E-state index contributed by atoms with van der Waals surface area (Å²) >= 11 is 0. The molecule has 2 unspecified atom stereocenters. The van der Waals surface area contributed by atoms with Gasteiger partial charge in [0.2, 0.25) is 5.91 Å². The molecule has 23 heavy (non-hydrogen) atoms. The van der Waals surface area contributed by atoms with Crippen LogP contribution in [0.3, 0.4) is 0 Å². The molecule has 0 spiro atoms. The summed E-state index contributed by atoms with van der Waals surface area (Å²) < 4.78 is 5.62. The molecular formula is C17H27N3O2Si. The topological polar surface area (TPSA) is 88.1 Å². The molecule has 1 rings (SSSR count). The molecule has 1 aromatic carbocycles. The van der Waals surface area contributed by atoms with Gasteiger partial charge in [-0.25, -0.2) is 0 Å². The highest BCUT2D eigenvalue weighted by atomic mass is 28.3. The highest BCUT2D eigenvalue weighted by Crippen LogP contribution is 2.10. The van der Waals surface area contributed by atoms with Crippen molar-refractivity contribution in [3.8, 4) is 6.07 Å². The van der Waals surface area contributed by atoms with Crippen LogP contribution in [-0.4, -0.2) is 32.7 Å². The fourth-order valence-corrected chi connectivity index (χ4v) is 3.72. The Morgan fingerprint density at radius 2 is 2.00 bits per heavy atom. The number of hydrogen-bond donors (Lipinski definition) is 2. The van der Waals surface area contributed by atoms with Crippen LogP contribution in [0.2, 0.25) is 25.7 Å². The van der Waals surface area contributed by atoms with Crippen LogP contribution in [0.4, 0.5) is 0 Å². The smallest absolute Gasteiger partial charge is 0.236 e. The van der Waals surface area contributed by atoms with E-state index < -0.39 is 14.1 Å². The van der Waals surface area contributed by atoms with E-state index in [4.69, 9.17) is 15.7 Å². The van der Waals surface area contributed by atoms with Gasteiger partial charge in [0.25, 0.3) is 0 Å². The maximum absolute atomic E-state index is 12.2. The Morgan fingerprint density at radius 1 is 1.35 bits per heavy atom. The Morgan fingerprint density at radius 3 is 2.57 bits per heavy atom. The van der Waals surface area contributed by atoms with E-state index in [2.05, 4.69) is 31.0 Å². The van der Waals surface area contributed by atoms with E-state index in [-0.39, 0.29) is 18.4 Å². The summed E-state index contributed by atoms with van der Waals surface area (Å²) in [4.78, 5) is 12.2. The molecule has 0 aliphatic carbocycles. The maximum atomic E-state index is 12.2. The zero-order chi connectivity index (χ0) is 17.3. The Labute approximate surface area is 139 Å². The first-order chi connectivity index (χ1) is 10.8. The van der Waals surface area contributed by atoms with Crippen molar-refractivity contribution in [3.05, 3.63) is 35.9 Å². The number of carbonyl (C=O) groups excluding carboxylic acids is 1. The van der Waals surface area contributed by atoms with Crippen molar-refractivity contribution in [1.82, 2.24) is 5.32 Å². The molecule has 0 bridgehead atoms. The van der Waals surface area contributed by atoms with Gasteiger partial charge in [0.1, 0.15) is 0 Å². The van der Waals surface area contributed by atoms with Gasteiger partial charge in [-0.05, 0) is 11.6 Å².